The molecule has 7 nitrogen and oxygen atoms in total. The molecule has 1 saturated heterocycles. The highest BCUT2D eigenvalue weighted by Gasteiger charge is 2.41. The summed E-state index contributed by atoms with van der Waals surface area (Å²) in [4.78, 5) is 26.5. The second-order valence-corrected chi connectivity index (χ2v) is 7.44. The number of hydrogen-bond donors (Lipinski definition) is 2. The van der Waals surface area contributed by atoms with Crippen LogP contribution in [0.2, 0.25) is 0 Å². The fraction of sp³-hybridized carbons (Fsp3) is 0.304. The van der Waals surface area contributed by atoms with Gasteiger partial charge < -0.3 is 15.4 Å². The van der Waals surface area contributed by atoms with Gasteiger partial charge in [-0.2, -0.15) is 0 Å². The van der Waals surface area contributed by atoms with Gasteiger partial charge in [-0.15, -0.1) is 0 Å². The van der Waals surface area contributed by atoms with Gasteiger partial charge in [0.25, 0.3) is 0 Å². The zero-order chi connectivity index (χ0) is 21.7. The lowest BCUT2D eigenvalue weighted by Gasteiger charge is -2.36. The van der Waals surface area contributed by atoms with E-state index in [-0.39, 0.29) is 18.3 Å². The van der Waals surface area contributed by atoms with Gasteiger partial charge in [0.2, 0.25) is 5.91 Å². The predicted octanol–water partition coefficient (Wildman–Crippen LogP) is 3.08. The minimum Gasteiger partial charge on any atom is -0.381 e. The van der Waals surface area contributed by atoms with Gasteiger partial charge in [-0.3, -0.25) is 9.78 Å². The van der Waals surface area contributed by atoms with E-state index in [1.54, 1.807) is 37.6 Å². The molecule has 31 heavy (non-hydrogen) atoms. The number of amides is 1. The maximum atomic E-state index is 13.9. The predicted molar refractivity (Wildman–Crippen MR) is 115 cm³/mol. The first-order chi connectivity index (χ1) is 15.1. The van der Waals surface area contributed by atoms with Crippen LogP contribution in [0.5, 0.6) is 0 Å². The smallest absolute Gasteiger partial charge is 0.231 e. The fourth-order valence-corrected chi connectivity index (χ4v) is 3.84. The van der Waals surface area contributed by atoms with Crippen LogP contribution in [0.3, 0.4) is 0 Å². The molecule has 3 heterocycles. The van der Waals surface area contributed by atoms with Crippen molar-refractivity contribution < 1.29 is 13.9 Å². The highest BCUT2D eigenvalue weighted by molar-refractivity contribution is 5.88. The Morgan fingerprint density at radius 3 is 2.61 bits per heavy atom. The lowest BCUT2D eigenvalue weighted by molar-refractivity contribution is -0.130. The van der Waals surface area contributed by atoms with E-state index in [1.165, 1.54) is 12.1 Å². The lowest BCUT2D eigenvalue weighted by atomic mass is 9.73. The Balaban J connectivity index is 1.58. The Morgan fingerprint density at radius 2 is 1.90 bits per heavy atom. The van der Waals surface area contributed by atoms with E-state index in [0.29, 0.717) is 49.0 Å². The molecule has 0 atom stereocenters. The maximum absolute atomic E-state index is 13.9. The van der Waals surface area contributed by atoms with Crippen molar-refractivity contribution in [3.63, 3.8) is 0 Å². The Labute approximate surface area is 180 Å². The fourth-order valence-electron chi connectivity index (χ4n) is 3.84. The van der Waals surface area contributed by atoms with E-state index >= 15 is 0 Å². The third-order valence-corrected chi connectivity index (χ3v) is 5.56. The first-order valence-corrected chi connectivity index (χ1v) is 10.2. The summed E-state index contributed by atoms with van der Waals surface area (Å²) in [5.41, 5.74) is 1.35. The van der Waals surface area contributed by atoms with Gasteiger partial charge in [0.05, 0.1) is 17.7 Å². The summed E-state index contributed by atoms with van der Waals surface area (Å²) < 4.78 is 19.4. The van der Waals surface area contributed by atoms with Gasteiger partial charge >= 0.3 is 0 Å². The average molecular weight is 421 g/mol. The zero-order valence-corrected chi connectivity index (χ0v) is 17.3. The average Bonchev–Trinajstić information content (AvgIpc) is 2.83. The summed E-state index contributed by atoms with van der Waals surface area (Å²) in [6, 6.07) is 11.7. The molecule has 0 radical (unpaired) electrons. The minimum absolute atomic E-state index is 0.156. The quantitative estimate of drug-likeness (QED) is 0.636. The number of carbonyl (C=O) groups is 1. The van der Waals surface area contributed by atoms with Crippen molar-refractivity contribution in [3.8, 4) is 11.4 Å². The molecule has 1 aliphatic rings. The van der Waals surface area contributed by atoms with Crippen molar-refractivity contribution in [2.24, 2.45) is 0 Å². The van der Waals surface area contributed by atoms with Crippen molar-refractivity contribution in [1.82, 2.24) is 20.3 Å². The second-order valence-electron chi connectivity index (χ2n) is 7.44. The number of carbonyl (C=O) groups excluding carboxylic acids is 1. The third kappa shape index (κ3) is 4.54. The summed E-state index contributed by atoms with van der Waals surface area (Å²) in [7, 11) is 1.78. The molecule has 0 aliphatic carbocycles. The first-order valence-electron chi connectivity index (χ1n) is 10.2. The Hall–Kier alpha value is -3.39. The standard InChI is InChI=1S/C23H24FN5O2/c1-25-20-14-19(28-21(29-20)16-5-9-26-10-6-16)15-27-22(30)23(7-11-31-12-8-23)17-3-2-4-18(24)13-17/h2-6,9-10,13-14H,7-8,11-12,15H2,1H3,(H,27,30)(H,25,28,29). The van der Waals surface area contributed by atoms with Gasteiger partial charge in [0.1, 0.15) is 11.6 Å². The van der Waals surface area contributed by atoms with Crippen LogP contribution in [-0.2, 0) is 21.5 Å². The first kappa shape index (κ1) is 20.9. The van der Waals surface area contributed by atoms with Gasteiger partial charge in [-0.05, 0) is 42.7 Å². The minimum atomic E-state index is -0.826. The van der Waals surface area contributed by atoms with Gasteiger partial charge in [-0.25, -0.2) is 14.4 Å². The van der Waals surface area contributed by atoms with Crippen molar-refractivity contribution in [2.45, 2.75) is 24.8 Å². The molecule has 8 heteroatoms. The van der Waals surface area contributed by atoms with Crippen LogP contribution in [-0.4, -0.2) is 41.1 Å². The maximum Gasteiger partial charge on any atom is 0.231 e. The normalized spacial score (nSPS) is 15.3. The molecule has 1 amide bonds. The molecule has 0 bridgehead atoms. The molecule has 3 aromatic rings. The van der Waals surface area contributed by atoms with Crippen molar-refractivity contribution in [2.75, 3.05) is 25.6 Å². The Kier molecular flexibility index (Phi) is 6.18. The second kappa shape index (κ2) is 9.18. The van der Waals surface area contributed by atoms with Crippen LogP contribution in [0.1, 0.15) is 24.1 Å². The van der Waals surface area contributed by atoms with Gasteiger partial charge in [0, 0.05) is 44.3 Å². The van der Waals surface area contributed by atoms with Gasteiger partial charge in [0.15, 0.2) is 5.82 Å². The van der Waals surface area contributed by atoms with Crippen LogP contribution in [0.25, 0.3) is 11.4 Å². The number of benzene rings is 1. The van der Waals surface area contributed by atoms with Crippen molar-refractivity contribution in [3.05, 3.63) is 71.9 Å². The number of aromatic nitrogens is 3. The highest BCUT2D eigenvalue weighted by atomic mass is 19.1. The summed E-state index contributed by atoms with van der Waals surface area (Å²) in [5, 5.41) is 6.04. The van der Waals surface area contributed by atoms with Crippen LogP contribution in [0, 0.1) is 5.82 Å². The summed E-state index contributed by atoms with van der Waals surface area (Å²) >= 11 is 0. The molecule has 1 fully saturated rings. The molecule has 4 rings (SSSR count). The van der Waals surface area contributed by atoms with E-state index in [4.69, 9.17) is 4.74 Å². The molecule has 0 spiro atoms. The molecular formula is C23H24FN5O2. The number of rotatable bonds is 6. The molecule has 2 aromatic heterocycles. The number of halogens is 1. The summed E-state index contributed by atoms with van der Waals surface area (Å²) in [6.45, 7) is 1.13. The number of hydrogen-bond acceptors (Lipinski definition) is 6. The molecule has 160 valence electrons. The van der Waals surface area contributed by atoms with Crippen LogP contribution in [0.15, 0.2) is 54.9 Å². The number of nitrogens with one attached hydrogen (secondary N) is 2. The topological polar surface area (TPSA) is 89.0 Å². The molecular weight excluding hydrogens is 397 g/mol. The zero-order valence-electron chi connectivity index (χ0n) is 17.3. The largest absolute Gasteiger partial charge is 0.381 e. The van der Waals surface area contributed by atoms with Crippen LogP contribution >= 0.6 is 0 Å². The van der Waals surface area contributed by atoms with E-state index in [0.717, 1.165) is 5.56 Å². The lowest BCUT2D eigenvalue weighted by Crippen LogP contribution is -2.48. The SMILES string of the molecule is CNc1cc(CNC(=O)C2(c3cccc(F)c3)CCOCC2)nc(-c2ccncc2)n1. The van der Waals surface area contributed by atoms with E-state index in [9.17, 15) is 9.18 Å². The van der Waals surface area contributed by atoms with Crippen molar-refractivity contribution in [1.29, 1.82) is 0 Å². The van der Waals surface area contributed by atoms with Crippen LogP contribution in [0.4, 0.5) is 10.2 Å². The number of nitrogens with zero attached hydrogens (tertiary/aromatic N) is 3. The summed E-state index contributed by atoms with van der Waals surface area (Å²) in [5.74, 6) is 0.686. The van der Waals surface area contributed by atoms with E-state index in [1.807, 2.05) is 12.1 Å². The molecule has 0 saturated carbocycles. The number of anilines is 1. The molecule has 2 N–H and O–H groups in total. The monoisotopic (exact) mass is 421 g/mol. The number of ether oxygens (including phenoxy) is 1. The highest BCUT2D eigenvalue weighted by Crippen LogP contribution is 2.35. The Bertz CT molecular complexity index is 1050. The van der Waals surface area contributed by atoms with E-state index in [2.05, 4.69) is 25.6 Å². The Morgan fingerprint density at radius 1 is 1.13 bits per heavy atom. The van der Waals surface area contributed by atoms with Crippen LogP contribution < -0.4 is 10.6 Å². The van der Waals surface area contributed by atoms with E-state index < -0.39 is 5.41 Å². The molecule has 0 unspecified atom stereocenters. The van der Waals surface area contributed by atoms with Crippen molar-refractivity contribution >= 4 is 11.7 Å². The molecule has 1 aromatic carbocycles. The van der Waals surface area contributed by atoms with Gasteiger partial charge in [-0.1, -0.05) is 12.1 Å². The summed E-state index contributed by atoms with van der Waals surface area (Å²) in [6.07, 6.45) is 4.35. The third-order valence-electron chi connectivity index (χ3n) is 5.56. The number of pyridine rings is 1. The molecule has 1 aliphatic heterocycles.